The molecule has 2 rings (SSSR count). The average molecular weight is 333 g/mol. The zero-order chi connectivity index (χ0) is 16.8. The van der Waals surface area contributed by atoms with Crippen LogP contribution in [0.25, 0.3) is 0 Å². The number of aryl methyl sites for hydroxylation is 1. The second-order valence-corrected chi connectivity index (χ2v) is 6.22. The normalized spacial score (nSPS) is 10.7. The van der Waals surface area contributed by atoms with E-state index in [9.17, 15) is 4.79 Å². The van der Waals surface area contributed by atoms with Crippen molar-refractivity contribution in [3.8, 4) is 0 Å². The highest BCUT2D eigenvalue weighted by atomic mass is 35.5. The Balaban J connectivity index is 2.04. The summed E-state index contributed by atoms with van der Waals surface area (Å²) in [6, 6.07) is 6.91. The third kappa shape index (κ3) is 5.21. The SMILES string of the molecule is Cc1cc(Cl)ccc1NC(=O)c1ccnc(NCCC(C)C)n1. The van der Waals surface area contributed by atoms with Gasteiger partial charge in [-0.1, -0.05) is 25.4 Å². The van der Waals surface area contributed by atoms with Crippen LogP contribution in [0.4, 0.5) is 11.6 Å². The van der Waals surface area contributed by atoms with Gasteiger partial charge in [0.1, 0.15) is 5.69 Å². The highest BCUT2D eigenvalue weighted by molar-refractivity contribution is 6.30. The molecule has 1 aromatic heterocycles. The molecular formula is C17H21ClN4O. The number of hydrogen-bond donors (Lipinski definition) is 2. The lowest BCUT2D eigenvalue weighted by Crippen LogP contribution is -2.16. The fourth-order valence-electron chi connectivity index (χ4n) is 2.00. The van der Waals surface area contributed by atoms with Crippen LogP contribution in [0.15, 0.2) is 30.5 Å². The van der Waals surface area contributed by atoms with Crippen molar-refractivity contribution in [3.05, 3.63) is 46.7 Å². The van der Waals surface area contributed by atoms with Gasteiger partial charge in [0.15, 0.2) is 0 Å². The molecule has 0 bridgehead atoms. The molecule has 1 aromatic carbocycles. The molecule has 0 saturated heterocycles. The standard InChI is InChI=1S/C17H21ClN4O/c1-11(2)6-8-19-17-20-9-7-15(22-17)16(23)21-14-5-4-13(18)10-12(14)3/h4-5,7,9-11H,6,8H2,1-3H3,(H,21,23)(H,19,20,22). The van der Waals surface area contributed by atoms with E-state index in [0.29, 0.717) is 28.3 Å². The Morgan fingerprint density at radius 1 is 1.30 bits per heavy atom. The van der Waals surface area contributed by atoms with E-state index in [4.69, 9.17) is 11.6 Å². The number of halogens is 1. The van der Waals surface area contributed by atoms with Crippen LogP contribution in [-0.2, 0) is 0 Å². The summed E-state index contributed by atoms with van der Waals surface area (Å²) < 4.78 is 0. The Labute approximate surface area is 141 Å². The Morgan fingerprint density at radius 3 is 2.78 bits per heavy atom. The molecule has 0 saturated carbocycles. The Kier molecular flexibility index (Phi) is 5.93. The number of carbonyl (C=O) groups excluding carboxylic acids is 1. The molecule has 1 heterocycles. The number of nitrogens with zero attached hydrogens (tertiary/aromatic N) is 2. The fraction of sp³-hybridized carbons (Fsp3) is 0.353. The fourth-order valence-corrected chi connectivity index (χ4v) is 2.22. The van der Waals surface area contributed by atoms with E-state index in [1.807, 2.05) is 6.92 Å². The smallest absolute Gasteiger partial charge is 0.274 e. The van der Waals surface area contributed by atoms with Crippen LogP contribution < -0.4 is 10.6 Å². The number of nitrogens with one attached hydrogen (secondary N) is 2. The number of hydrogen-bond acceptors (Lipinski definition) is 4. The van der Waals surface area contributed by atoms with Crippen molar-refractivity contribution in [3.63, 3.8) is 0 Å². The van der Waals surface area contributed by atoms with Crippen molar-refractivity contribution in [2.24, 2.45) is 5.92 Å². The van der Waals surface area contributed by atoms with Gasteiger partial charge in [-0.25, -0.2) is 9.97 Å². The molecule has 0 radical (unpaired) electrons. The third-order valence-electron chi connectivity index (χ3n) is 3.33. The molecule has 5 nitrogen and oxygen atoms in total. The largest absolute Gasteiger partial charge is 0.354 e. The van der Waals surface area contributed by atoms with Gasteiger partial charge in [-0.15, -0.1) is 0 Å². The van der Waals surface area contributed by atoms with Gasteiger partial charge in [-0.2, -0.15) is 0 Å². The molecule has 0 aliphatic carbocycles. The highest BCUT2D eigenvalue weighted by Crippen LogP contribution is 2.20. The lowest BCUT2D eigenvalue weighted by Gasteiger charge is -2.10. The number of anilines is 2. The van der Waals surface area contributed by atoms with Crippen LogP contribution in [0.5, 0.6) is 0 Å². The van der Waals surface area contributed by atoms with Crippen molar-refractivity contribution >= 4 is 29.1 Å². The van der Waals surface area contributed by atoms with Gasteiger partial charge in [0.05, 0.1) is 0 Å². The van der Waals surface area contributed by atoms with E-state index < -0.39 is 0 Å². The minimum atomic E-state index is -0.273. The van der Waals surface area contributed by atoms with Crippen LogP contribution in [0.2, 0.25) is 5.02 Å². The monoisotopic (exact) mass is 332 g/mol. The lowest BCUT2D eigenvalue weighted by molar-refractivity contribution is 0.102. The van der Waals surface area contributed by atoms with Gasteiger partial charge in [-0.3, -0.25) is 4.79 Å². The molecule has 23 heavy (non-hydrogen) atoms. The maximum absolute atomic E-state index is 12.3. The number of rotatable bonds is 6. The van der Waals surface area contributed by atoms with Crippen molar-refractivity contribution in [1.82, 2.24) is 9.97 Å². The third-order valence-corrected chi connectivity index (χ3v) is 3.56. The van der Waals surface area contributed by atoms with Crippen molar-refractivity contribution < 1.29 is 4.79 Å². The first-order valence-corrected chi connectivity index (χ1v) is 7.98. The lowest BCUT2D eigenvalue weighted by atomic mass is 10.1. The molecule has 0 atom stereocenters. The first-order valence-electron chi connectivity index (χ1n) is 7.60. The second kappa shape index (κ2) is 7.92. The first kappa shape index (κ1) is 17.2. The number of carbonyl (C=O) groups is 1. The number of aromatic nitrogens is 2. The molecule has 0 unspecified atom stereocenters. The summed E-state index contributed by atoms with van der Waals surface area (Å²) >= 11 is 5.92. The maximum atomic E-state index is 12.3. The Morgan fingerprint density at radius 2 is 2.09 bits per heavy atom. The molecule has 0 spiro atoms. The van der Waals surface area contributed by atoms with Gasteiger partial charge >= 0.3 is 0 Å². The van der Waals surface area contributed by atoms with Crippen LogP contribution in [-0.4, -0.2) is 22.4 Å². The molecule has 2 N–H and O–H groups in total. The van der Waals surface area contributed by atoms with E-state index in [0.717, 1.165) is 18.5 Å². The molecular weight excluding hydrogens is 312 g/mol. The molecule has 0 aliphatic rings. The number of benzene rings is 1. The van der Waals surface area contributed by atoms with Gasteiger partial charge in [-0.05, 0) is 49.1 Å². The number of amides is 1. The summed E-state index contributed by atoms with van der Waals surface area (Å²) in [5.74, 6) is 0.790. The van der Waals surface area contributed by atoms with Crippen molar-refractivity contribution in [2.45, 2.75) is 27.2 Å². The van der Waals surface area contributed by atoms with Gasteiger partial charge < -0.3 is 10.6 Å². The topological polar surface area (TPSA) is 66.9 Å². The quantitative estimate of drug-likeness (QED) is 0.834. The molecule has 0 fully saturated rings. The predicted octanol–water partition coefficient (Wildman–Crippen LogP) is 4.15. The molecule has 0 aliphatic heterocycles. The van der Waals surface area contributed by atoms with E-state index in [-0.39, 0.29) is 5.91 Å². The van der Waals surface area contributed by atoms with Crippen molar-refractivity contribution in [1.29, 1.82) is 0 Å². The molecule has 6 heteroatoms. The van der Waals surface area contributed by atoms with Gasteiger partial charge in [0.2, 0.25) is 5.95 Å². The van der Waals surface area contributed by atoms with E-state index in [1.54, 1.807) is 30.5 Å². The van der Waals surface area contributed by atoms with Crippen LogP contribution in [0.1, 0.15) is 36.3 Å². The first-order chi connectivity index (χ1) is 11.0. The second-order valence-electron chi connectivity index (χ2n) is 5.79. The van der Waals surface area contributed by atoms with Gasteiger partial charge in [0.25, 0.3) is 5.91 Å². The van der Waals surface area contributed by atoms with Crippen LogP contribution >= 0.6 is 11.6 Å². The summed E-state index contributed by atoms with van der Waals surface area (Å²) in [5, 5.41) is 6.61. The van der Waals surface area contributed by atoms with Crippen molar-refractivity contribution in [2.75, 3.05) is 17.2 Å². The summed E-state index contributed by atoms with van der Waals surface area (Å²) in [5.41, 5.74) is 1.93. The van der Waals surface area contributed by atoms with Crippen LogP contribution in [0, 0.1) is 12.8 Å². The zero-order valence-corrected chi connectivity index (χ0v) is 14.3. The Bertz CT molecular complexity index is 688. The molecule has 122 valence electrons. The summed E-state index contributed by atoms with van der Waals surface area (Å²) in [4.78, 5) is 20.7. The minimum absolute atomic E-state index is 0.273. The molecule has 1 amide bonds. The summed E-state index contributed by atoms with van der Waals surface area (Å²) in [6.45, 7) is 6.97. The maximum Gasteiger partial charge on any atom is 0.274 e. The van der Waals surface area contributed by atoms with E-state index in [2.05, 4.69) is 34.4 Å². The van der Waals surface area contributed by atoms with E-state index in [1.165, 1.54) is 0 Å². The summed E-state index contributed by atoms with van der Waals surface area (Å²) in [6.07, 6.45) is 2.60. The minimum Gasteiger partial charge on any atom is -0.354 e. The highest BCUT2D eigenvalue weighted by Gasteiger charge is 2.10. The van der Waals surface area contributed by atoms with E-state index >= 15 is 0 Å². The molecule has 2 aromatic rings. The zero-order valence-electron chi connectivity index (χ0n) is 13.6. The predicted molar refractivity (Wildman–Crippen MR) is 94.1 cm³/mol. The summed E-state index contributed by atoms with van der Waals surface area (Å²) in [7, 11) is 0. The average Bonchev–Trinajstić information content (AvgIpc) is 2.50. The Hall–Kier alpha value is -2.14. The van der Waals surface area contributed by atoms with Crippen LogP contribution in [0.3, 0.4) is 0 Å². The van der Waals surface area contributed by atoms with Gasteiger partial charge in [0, 0.05) is 23.5 Å².